The topological polar surface area (TPSA) is 75.6 Å². The summed E-state index contributed by atoms with van der Waals surface area (Å²) in [5, 5.41) is 11.8. The Balaban J connectivity index is 1.60. The number of ether oxygens (including phenoxy) is 1. The van der Waals surface area contributed by atoms with Crippen LogP contribution in [0, 0.1) is 5.92 Å². The number of fused-ring (bicyclic) bond motifs is 3. The third kappa shape index (κ3) is 4.30. The summed E-state index contributed by atoms with van der Waals surface area (Å²) in [6.07, 6.45) is 1.73. The number of aliphatic carboxylic acids is 1. The molecular formula is C22H25NO4. The molecule has 5 heteroatoms. The Kier molecular flexibility index (Phi) is 6.12. The fraction of sp³-hybridized carbons (Fsp3) is 0.364. The fourth-order valence-electron chi connectivity index (χ4n) is 3.62. The summed E-state index contributed by atoms with van der Waals surface area (Å²) in [6, 6.07) is 16.3. The van der Waals surface area contributed by atoms with Gasteiger partial charge in [0.1, 0.15) is 6.61 Å². The number of hydrogen-bond acceptors (Lipinski definition) is 3. The van der Waals surface area contributed by atoms with Crippen LogP contribution in [0.4, 0.5) is 4.79 Å². The standard InChI is InChI=1S/C22H25NO4/c1-2-3-8-15(21(24)25)13-23-22(26)27-14-20-18-11-6-4-9-16(18)17-10-5-7-12-19(17)20/h4-7,9-12,15,20H,2-3,8,13-14H2,1H3,(H,23,26)(H,24,25). The van der Waals surface area contributed by atoms with Crippen LogP contribution in [0.5, 0.6) is 0 Å². The lowest BCUT2D eigenvalue weighted by Gasteiger charge is -2.16. The summed E-state index contributed by atoms with van der Waals surface area (Å²) < 4.78 is 5.43. The van der Waals surface area contributed by atoms with Crippen LogP contribution in [-0.2, 0) is 9.53 Å². The summed E-state index contributed by atoms with van der Waals surface area (Å²) in [4.78, 5) is 23.4. The molecule has 1 aliphatic carbocycles. The van der Waals surface area contributed by atoms with Gasteiger partial charge in [0, 0.05) is 12.5 Å². The van der Waals surface area contributed by atoms with Gasteiger partial charge < -0.3 is 15.2 Å². The average molecular weight is 367 g/mol. The molecule has 142 valence electrons. The molecule has 1 aliphatic rings. The van der Waals surface area contributed by atoms with Gasteiger partial charge in [0.05, 0.1) is 5.92 Å². The summed E-state index contributed by atoms with van der Waals surface area (Å²) >= 11 is 0. The van der Waals surface area contributed by atoms with E-state index < -0.39 is 18.0 Å². The molecule has 0 radical (unpaired) electrons. The Labute approximate surface area is 159 Å². The number of hydrogen-bond donors (Lipinski definition) is 2. The molecule has 2 N–H and O–H groups in total. The van der Waals surface area contributed by atoms with Gasteiger partial charge in [-0.3, -0.25) is 4.79 Å². The van der Waals surface area contributed by atoms with E-state index in [1.54, 1.807) is 0 Å². The zero-order chi connectivity index (χ0) is 19.2. The van der Waals surface area contributed by atoms with E-state index in [1.807, 2.05) is 31.2 Å². The van der Waals surface area contributed by atoms with E-state index in [4.69, 9.17) is 4.74 Å². The molecular weight excluding hydrogens is 342 g/mol. The SMILES string of the molecule is CCCCC(CNC(=O)OCC1c2ccccc2-c2ccccc21)C(=O)O. The second-order valence-electron chi connectivity index (χ2n) is 6.88. The van der Waals surface area contributed by atoms with Crippen LogP contribution in [0.3, 0.4) is 0 Å². The molecule has 0 saturated heterocycles. The predicted octanol–water partition coefficient (Wildman–Crippen LogP) is 4.42. The number of carboxylic acid groups (broad SMARTS) is 1. The normalized spacial score (nSPS) is 13.5. The van der Waals surface area contributed by atoms with Crippen LogP contribution in [0.1, 0.15) is 43.2 Å². The van der Waals surface area contributed by atoms with Gasteiger partial charge in [-0.25, -0.2) is 4.79 Å². The first-order valence-corrected chi connectivity index (χ1v) is 9.43. The van der Waals surface area contributed by atoms with Gasteiger partial charge in [0.15, 0.2) is 0 Å². The number of rotatable bonds is 8. The van der Waals surface area contributed by atoms with E-state index in [0.717, 1.165) is 24.0 Å². The maximum absolute atomic E-state index is 12.1. The number of alkyl carbamates (subject to hydrolysis) is 1. The lowest BCUT2D eigenvalue weighted by atomic mass is 9.98. The largest absolute Gasteiger partial charge is 0.481 e. The van der Waals surface area contributed by atoms with Gasteiger partial charge in [-0.15, -0.1) is 0 Å². The minimum absolute atomic E-state index is 0.00138. The Bertz CT molecular complexity index is 772. The smallest absolute Gasteiger partial charge is 0.407 e. The maximum atomic E-state index is 12.1. The van der Waals surface area contributed by atoms with Gasteiger partial charge in [0.25, 0.3) is 0 Å². The van der Waals surface area contributed by atoms with E-state index >= 15 is 0 Å². The average Bonchev–Trinajstić information content (AvgIpc) is 3.00. The number of carboxylic acids is 1. The van der Waals surface area contributed by atoms with Gasteiger partial charge in [0.2, 0.25) is 0 Å². The molecule has 1 unspecified atom stereocenters. The highest BCUT2D eigenvalue weighted by molar-refractivity contribution is 5.79. The molecule has 0 aliphatic heterocycles. The molecule has 0 spiro atoms. The minimum Gasteiger partial charge on any atom is -0.481 e. The maximum Gasteiger partial charge on any atom is 0.407 e. The molecule has 0 bridgehead atoms. The molecule has 1 atom stereocenters. The molecule has 0 aromatic heterocycles. The summed E-state index contributed by atoms with van der Waals surface area (Å²) in [5.74, 6) is -1.47. The molecule has 27 heavy (non-hydrogen) atoms. The Morgan fingerprint density at radius 1 is 1.07 bits per heavy atom. The van der Waals surface area contributed by atoms with Crippen molar-refractivity contribution in [3.8, 4) is 11.1 Å². The molecule has 0 heterocycles. The monoisotopic (exact) mass is 367 g/mol. The van der Waals surface area contributed by atoms with E-state index in [0.29, 0.717) is 6.42 Å². The zero-order valence-electron chi connectivity index (χ0n) is 15.5. The highest BCUT2D eigenvalue weighted by Crippen LogP contribution is 2.44. The first-order chi connectivity index (χ1) is 13.1. The molecule has 3 rings (SSSR count). The number of benzene rings is 2. The van der Waals surface area contributed by atoms with Crippen molar-refractivity contribution in [2.45, 2.75) is 32.1 Å². The lowest BCUT2D eigenvalue weighted by Crippen LogP contribution is -2.34. The van der Waals surface area contributed by atoms with E-state index in [1.165, 1.54) is 11.1 Å². The van der Waals surface area contributed by atoms with Crippen LogP contribution < -0.4 is 5.32 Å². The highest BCUT2D eigenvalue weighted by atomic mass is 16.5. The summed E-state index contributed by atoms with van der Waals surface area (Å²) in [5.41, 5.74) is 4.65. The van der Waals surface area contributed by atoms with Crippen LogP contribution in [0.2, 0.25) is 0 Å². The summed E-state index contributed by atoms with van der Waals surface area (Å²) in [6.45, 7) is 2.33. The van der Waals surface area contributed by atoms with Crippen LogP contribution in [0.15, 0.2) is 48.5 Å². The first-order valence-electron chi connectivity index (χ1n) is 9.43. The molecule has 1 amide bonds. The number of nitrogens with one attached hydrogen (secondary N) is 1. The number of carbonyl (C=O) groups is 2. The van der Waals surface area contributed by atoms with Crippen molar-refractivity contribution in [1.29, 1.82) is 0 Å². The van der Waals surface area contributed by atoms with Crippen LogP contribution >= 0.6 is 0 Å². The Morgan fingerprint density at radius 3 is 2.22 bits per heavy atom. The van der Waals surface area contributed by atoms with Crippen LogP contribution in [-0.4, -0.2) is 30.3 Å². The van der Waals surface area contributed by atoms with E-state index in [2.05, 4.69) is 29.6 Å². The predicted molar refractivity (Wildman–Crippen MR) is 104 cm³/mol. The fourth-order valence-corrected chi connectivity index (χ4v) is 3.62. The first kappa shape index (κ1) is 19.0. The van der Waals surface area contributed by atoms with Gasteiger partial charge in [-0.05, 0) is 28.7 Å². The third-order valence-electron chi connectivity index (χ3n) is 5.09. The van der Waals surface area contributed by atoms with Crippen molar-refractivity contribution in [1.82, 2.24) is 5.32 Å². The zero-order valence-corrected chi connectivity index (χ0v) is 15.5. The van der Waals surface area contributed by atoms with Crippen molar-refractivity contribution < 1.29 is 19.4 Å². The minimum atomic E-state index is -0.887. The van der Waals surface area contributed by atoms with Crippen LogP contribution in [0.25, 0.3) is 11.1 Å². The Hall–Kier alpha value is -2.82. The second kappa shape index (κ2) is 8.71. The van der Waals surface area contributed by atoms with Crippen molar-refractivity contribution in [2.24, 2.45) is 5.92 Å². The van der Waals surface area contributed by atoms with Crippen molar-refractivity contribution in [3.05, 3.63) is 59.7 Å². The Morgan fingerprint density at radius 2 is 1.67 bits per heavy atom. The lowest BCUT2D eigenvalue weighted by molar-refractivity contribution is -0.141. The van der Waals surface area contributed by atoms with Gasteiger partial charge in [-0.2, -0.15) is 0 Å². The molecule has 0 saturated carbocycles. The second-order valence-corrected chi connectivity index (χ2v) is 6.88. The third-order valence-corrected chi connectivity index (χ3v) is 5.09. The highest BCUT2D eigenvalue weighted by Gasteiger charge is 2.29. The van der Waals surface area contributed by atoms with Gasteiger partial charge in [-0.1, -0.05) is 68.3 Å². The van der Waals surface area contributed by atoms with E-state index in [9.17, 15) is 14.7 Å². The number of unbranched alkanes of at least 4 members (excludes halogenated alkanes) is 1. The van der Waals surface area contributed by atoms with Gasteiger partial charge >= 0.3 is 12.1 Å². The molecule has 2 aromatic carbocycles. The number of carbonyl (C=O) groups excluding carboxylic acids is 1. The molecule has 0 fully saturated rings. The van der Waals surface area contributed by atoms with Crippen molar-refractivity contribution in [3.63, 3.8) is 0 Å². The van der Waals surface area contributed by atoms with E-state index in [-0.39, 0.29) is 19.1 Å². The summed E-state index contributed by atoms with van der Waals surface area (Å²) in [7, 11) is 0. The van der Waals surface area contributed by atoms with Crippen molar-refractivity contribution >= 4 is 12.1 Å². The van der Waals surface area contributed by atoms with Crippen molar-refractivity contribution in [2.75, 3.05) is 13.2 Å². The number of amides is 1. The quantitative estimate of drug-likeness (QED) is 0.724. The molecule has 5 nitrogen and oxygen atoms in total. The molecule has 2 aromatic rings.